The van der Waals surface area contributed by atoms with Crippen LogP contribution in [0.1, 0.15) is 86.0 Å². The molecule has 184 valence electrons. The van der Waals surface area contributed by atoms with Crippen molar-refractivity contribution in [2.24, 2.45) is 46.3 Å². The molecule has 2 saturated heterocycles. The Bertz CT molecular complexity index is 854. The van der Waals surface area contributed by atoms with Crippen LogP contribution < -0.4 is 0 Å². The summed E-state index contributed by atoms with van der Waals surface area (Å²) in [4.78, 5) is 14.7. The van der Waals surface area contributed by atoms with Crippen LogP contribution in [0, 0.1) is 46.3 Å². The quantitative estimate of drug-likeness (QED) is 0.436. The zero-order chi connectivity index (χ0) is 23.3. The minimum absolute atomic E-state index is 0.0676. The van der Waals surface area contributed by atoms with Gasteiger partial charge in [-0.3, -0.25) is 9.69 Å². The van der Waals surface area contributed by atoms with E-state index >= 15 is 0 Å². The fourth-order valence-electron chi connectivity index (χ4n) is 10.8. The lowest BCUT2D eigenvalue weighted by Gasteiger charge is -2.58. The van der Waals surface area contributed by atoms with E-state index < -0.39 is 0 Å². The molecule has 5 fully saturated rings. The molecule has 2 heterocycles. The first-order chi connectivity index (χ1) is 15.6. The van der Waals surface area contributed by atoms with Crippen molar-refractivity contribution < 1.29 is 14.6 Å². The molecule has 4 heteroatoms. The molecule has 6 rings (SSSR count). The number of aliphatic hydroxyl groups excluding tert-OH is 1. The molecule has 4 nitrogen and oxygen atoms in total. The molecule has 0 bridgehead atoms. The Morgan fingerprint density at radius 2 is 1.94 bits per heavy atom. The van der Waals surface area contributed by atoms with Gasteiger partial charge in [0.05, 0.1) is 6.10 Å². The summed E-state index contributed by atoms with van der Waals surface area (Å²) in [6.45, 7) is 12.8. The second-order valence-corrected chi connectivity index (χ2v) is 13.6. The molecule has 6 aliphatic rings. The summed E-state index contributed by atoms with van der Waals surface area (Å²) in [5, 5.41) is 10.3. The van der Waals surface area contributed by atoms with Crippen LogP contribution in [-0.4, -0.2) is 46.8 Å². The van der Waals surface area contributed by atoms with E-state index in [1.165, 1.54) is 38.6 Å². The van der Waals surface area contributed by atoms with Gasteiger partial charge in [0.1, 0.15) is 6.10 Å². The summed E-state index contributed by atoms with van der Waals surface area (Å²) >= 11 is 0. The van der Waals surface area contributed by atoms with E-state index in [4.69, 9.17) is 4.74 Å². The summed E-state index contributed by atoms with van der Waals surface area (Å²) in [5.74, 6) is 4.20. The average molecular weight is 456 g/mol. The van der Waals surface area contributed by atoms with Crippen molar-refractivity contribution in [1.29, 1.82) is 0 Å². The lowest BCUT2D eigenvalue weighted by molar-refractivity contribution is -0.155. The van der Waals surface area contributed by atoms with Crippen LogP contribution in [0.5, 0.6) is 0 Å². The van der Waals surface area contributed by atoms with E-state index in [9.17, 15) is 9.90 Å². The maximum atomic E-state index is 11.9. The molecule has 0 aromatic heterocycles. The predicted octanol–water partition coefficient (Wildman–Crippen LogP) is 5.20. The van der Waals surface area contributed by atoms with Crippen molar-refractivity contribution in [1.82, 2.24) is 4.90 Å². The summed E-state index contributed by atoms with van der Waals surface area (Å²) in [6.07, 6.45) is 11.9. The zero-order valence-electron chi connectivity index (χ0n) is 21.4. The Labute approximate surface area is 200 Å². The fraction of sp³-hybridized carbons (Fsp3) is 0.897. The Morgan fingerprint density at radius 3 is 2.70 bits per heavy atom. The van der Waals surface area contributed by atoms with E-state index in [0.29, 0.717) is 34.7 Å². The van der Waals surface area contributed by atoms with Gasteiger partial charge < -0.3 is 9.84 Å². The number of esters is 1. The Kier molecular flexibility index (Phi) is 5.18. The van der Waals surface area contributed by atoms with Crippen molar-refractivity contribution >= 4 is 5.97 Å². The van der Waals surface area contributed by atoms with Gasteiger partial charge in [-0.1, -0.05) is 39.3 Å². The maximum absolute atomic E-state index is 11.9. The first kappa shape index (κ1) is 22.6. The van der Waals surface area contributed by atoms with Gasteiger partial charge in [0.2, 0.25) is 0 Å². The van der Waals surface area contributed by atoms with Crippen molar-refractivity contribution in [2.75, 3.05) is 6.54 Å². The lowest BCUT2D eigenvalue weighted by atomic mass is 9.47. The van der Waals surface area contributed by atoms with Crippen LogP contribution in [0.2, 0.25) is 0 Å². The van der Waals surface area contributed by atoms with E-state index in [1.807, 2.05) is 0 Å². The number of aliphatic hydroxyl groups is 1. The summed E-state index contributed by atoms with van der Waals surface area (Å²) < 4.78 is 5.94. The molecule has 0 radical (unpaired) electrons. The van der Waals surface area contributed by atoms with E-state index in [0.717, 1.165) is 42.9 Å². The Hall–Kier alpha value is -0.870. The summed E-state index contributed by atoms with van der Waals surface area (Å²) in [7, 11) is 0. The van der Waals surface area contributed by atoms with E-state index in [2.05, 4.69) is 38.7 Å². The van der Waals surface area contributed by atoms with Crippen molar-refractivity contribution in [2.45, 2.75) is 110 Å². The summed E-state index contributed by atoms with van der Waals surface area (Å²) in [5.41, 5.74) is 2.30. The molecule has 0 aromatic rings. The fourth-order valence-corrected chi connectivity index (χ4v) is 10.8. The zero-order valence-corrected chi connectivity index (χ0v) is 21.4. The number of nitrogens with zero attached hydrogens (tertiary/aromatic N) is 1. The van der Waals surface area contributed by atoms with Crippen LogP contribution >= 0.6 is 0 Å². The maximum Gasteiger partial charge on any atom is 0.302 e. The largest absolute Gasteiger partial charge is 0.461 e. The first-order valence-electron chi connectivity index (χ1n) is 13.9. The first-order valence-corrected chi connectivity index (χ1v) is 13.9. The summed E-state index contributed by atoms with van der Waals surface area (Å²) in [6, 6.07) is 1.07. The molecule has 1 N–H and O–H groups in total. The van der Waals surface area contributed by atoms with Gasteiger partial charge in [0.15, 0.2) is 0 Å². The highest BCUT2D eigenvalue weighted by Gasteiger charge is 2.67. The van der Waals surface area contributed by atoms with Gasteiger partial charge in [0, 0.05) is 25.6 Å². The smallest absolute Gasteiger partial charge is 0.302 e. The Morgan fingerprint density at radius 1 is 1.15 bits per heavy atom. The highest BCUT2D eigenvalue weighted by molar-refractivity contribution is 5.66. The molecule has 0 unspecified atom stereocenters. The second-order valence-electron chi connectivity index (χ2n) is 13.6. The molecule has 2 aliphatic heterocycles. The van der Waals surface area contributed by atoms with Crippen LogP contribution in [0.15, 0.2) is 11.6 Å². The second kappa shape index (κ2) is 7.56. The third kappa shape index (κ3) is 3.11. The van der Waals surface area contributed by atoms with E-state index in [1.54, 1.807) is 12.5 Å². The molecule has 4 aliphatic carbocycles. The number of hydrogen-bond donors (Lipinski definition) is 1. The van der Waals surface area contributed by atoms with Crippen molar-refractivity contribution in [3.8, 4) is 0 Å². The molecule has 0 aromatic carbocycles. The highest BCUT2D eigenvalue weighted by atomic mass is 16.5. The average Bonchev–Trinajstić information content (AvgIpc) is 3.20. The van der Waals surface area contributed by atoms with Crippen molar-refractivity contribution in [3.05, 3.63) is 11.6 Å². The number of piperidine rings is 1. The minimum Gasteiger partial charge on any atom is -0.461 e. The van der Waals surface area contributed by atoms with Gasteiger partial charge in [-0.2, -0.15) is 0 Å². The third-order valence-electron chi connectivity index (χ3n) is 12.0. The number of allylic oxidation sites excluding steroid dienone is 1. The van der Waals surface area contributed by atoms with Gasteiger partial charge in [-0.25, -0.2) is 0 Å². The molecule has 0 amide bonds. The number of ether oxygens (including phenoxy) is 1. The number of hydrogen-bond acceptors (Lipinski definition) is 4. The number of rotatable bonds is 1. The van der Waals surface area contributed by atoms with E-state index in [-0.39, 0.29) is 18.2 Å². The standard InChI is InChI=1S/C29H45NO3/c1-16-12-25(33-18(3)31)27-17(2)26-24(30(27)15-16)14-23-21-7-6-19-13-20(32)8-10-28(19,4)22(21)9-11-29(23,26)5/h6,16-17,20-27,32H,7-15H2,1-5H3/t16-,17-,20-,21+,22-,23-,24-,25-,26-,27-,28-,29-/m0/s1. The SMILES string of the molecule is CC(=O)O[C@H]1C[C@H](C)CN2[C@H]1[C@@H](C)[C@H]1[C@@H]2C[C@H]2[C@@H]3CC=C4C[C@@H](O)CC[C@]4(C)[C@H]3CC[C@]12C. The highest BCUT2D eigenvalue weighted by Crippen LogP contribution is 2.69. The van der Waals surface area contributed by atoms with Crippen LogP contribution in [0.3, 0.4) is 0 Å². The van der Waals surface area contributed by atoms with Gasteiger partial charge in [-0.15, -0.1) is 0 Å². The Balaban J connectivity index is 1.31. The lowest BCUT2D eigenvalue weighted by Crippen LogP contribution is -2.54. The molecular formula is C29H45NO3. The molecule has 3 saturated carbocycles. The van der Waals surface area contributed by atoms with Crippen LogP contribution in [0.4, 0.5) is 0 Å². The topological polar surface area (TPSA) is 49.8 Å². The molecule has 0 spiro atoms. The third-order valence-corrected chi connectivity index (χ3v) is 12.0. The van der Waals surface area contributed by atoms with Gasteiger partial charge in [0.25, 0.3) is 0 Å². The van der Waals surface area contributed by atoms with Crippen molar-refractivity contribution in [3.63, 3.8) is 0 Å². The minimum atomic E-state index is -0.121. The normalized spacial score (nSPS) is 55.5. The molecule has 12 atom stereocenters. The number of fused-ring (bicyclic) bond motifs is 9. The van der Waals surface area contributed by atoms with Crippen LogP contribution in [-0.2, 0) is 9.53 Å². The van der Waals surface area contributed by atoms with Gasteiger partial charge >= 0.3 is 5.97 Å². The number of carbonyl (C=O) groups is 1. The van der Waals surface area contributed by atoms with Gasteiger partial charge in [-0.05, 0) is 97.7 Å². The monoisotopic (exact) mass is 455 g/mol. The number of carbonyl (C=O) groups excluding carboxylic acids is 1. The molecular weight excluding hydrogens is 410 g/mol. The van der Waals surface area contributed by atoms with Crippen LogP contribution in [0.25, 0.3) is 0 Å². The predicted molar refractivity (Wildman–Crippen MR) is 129 cm³/mol. The molecule has 33 heavy (non-hydrogen) atoms.